The Labute approximate surface area is 146 Å². The first kappa shape index (κ1) is 18.6. The van der Waals surface area contributed by atoms with E-state index in [0.29, 0.717) is 24.5 Å². The highest BCUT2D eigenvalue weighted by molar-refractivity contribution is 8.00. The number of rotatable bonds is 7. The van der Waals surface area contributed by atoms with Crippen molar-refractivity contribution in [3.63, 3.8) is 0 Å². The smallest absolute Gasteiger partial charge is 0.337 e. The molecule has 0 aromatic carbocycles. The number of nitrogens with zero attached hydrogens (tertiary/aromatic N) is 3. The number of hydrogen-bond acceptors (Lipinski definition) is 5. The summed E-state index contributed by atoms with van der Waals surface area (Å²) in [6.07, 6.45) is 6.30. The summed E-state index contributed by atoms with van der Waals surface area (Å²) in [5.41, 5.74) is -0.989. The molecule has 132 valence electrons. The molecule has 2 rings (SSSR count). The second-order valence-electron chi connectivity index (χ2n) is 6.32. The summed E-state index contributed by atoms with van der Waals surface area (Å²) in [5, 5.41) is 19.0. The van der Waals surface area contributed by atoms with Crippen molar-refractivity contribution >= 4 is 17.7 Å². The molecule has 1 saturated carbocycles. The molecule has 1 fully saturated rings. The van der Waals surface area contributed by atoms with E-state index in [0.717, 1.165) is 32.1 Å². The summed E-state index contributed by atoms with van der Waals surface area (Å²) >= 11 is 1.25. The van der Waals surface area contributed by atoms with Crippen LogP contribution in [0.15, 0.2) is 9.95 Å². The van der Waals surface area contributed by atoms with E-state index in [4.69, 9.17) is 0 Å². The molecule has 1 aliphatic carbocycles. The molecular formula is C16H25N5O2S. The summed E-state index contributed by atoms with van der Waals surface area (Å²) in [6.45, 7) is 4.42. The Kier molecular flexibility index (Phi) is 6.49. The Morgan fingerprint density at radius 2 is 2.21 bits per heavy atom. The molecule has 1 aromatic rings. The molecule has 7 nitrogen and oxygen atoms in total. The lowest BCUT2D eigenvalue weighted by molar-refractivity contribution is -0.121. The van der Waals surface area contributed by atoms with Crippen LogP contribution < -0.4 is 11.0 Å². The number of amides is 1. The molecule has 24 heavy (non-hydrogen) atoms. The van der Waals surface area contributed by atoms with E-state index < -0.39 is 10.8 Å². The van der Waals surface area contributed by atoms with Crippen LogP contribution in [0.25, 0.3) is 0 Å². The average Bonchev–Trinajstić information content (AvgIpc) is 2.93. The van der Waals surface area contributed by atoms with Crippen molar-refractivity contribution in [2.24, 2.45) is 0 Å². The zero-order valence-corrected chi connectivity index (χ0v) is 15.1. The zero-order chi connectivity index (χ0) is 17.6. The van der Waals surface area contributed by atoms with Crippen LogP contribution in [-0.4, -0.2) is 31.5 Å². The number of nitriles is 1. The third kappa shape index (κ3) is 4.41. The topological polar surface area (TPSA) is 104 Å². The Balaban J connectivity index is 2.01. The Morgan fingerprint density at radius 3 is 2.83 bits per heavy atom. The molecule has 1 aliphatic rings. The molecule has 0 radical (unpaired) electrons. The second-order valence-corrected chi connectivity index (χ2v) is 7.63. The Hall–Kier alpha value is -1.75. The summed E-state index contributed by atoms with van der Waals surface area (Å²) in [4.78, 5) is 24.3. The van der Waals surface area contributed by atoms with Gasteiger partial charge in [-0.15, -0.1) is 5.10 Å². The molecule has 1 aromatic heterocycles. The van der Waals surface area contributed by atoms with Crippen molar-refractivity contribution in [3.8, 4) is 6.07 Å². The van der Waals surface area contributed by atoms with Gasteiger partial charge in [-0.2, -0.15) is 5.26 Å². The van der Waals surface area contributed by atoms with Crippen LogP contribution in [0.3, 0.4) is 0 Å². The third-order valence-corrected chi connectivity index (χ3v) is 5.48. The summed E-state index contributed by atoms with van der Waals surface area (Å²) in [5.74, 6) is -0.180. The van der Waals surface area contributed by atoms with Gasteiger partial charge in [-0.25, -0.2) is 9.89 Å². The van der Waals surface area contributed by atoms with E-state index in [2.05, 4.69) is 28.5 Å². The second kappa shape index (κ2) is 8.38. The fraction of sp³-hybridized carbons (Fsp3) is 0.750. The maximum Gasteiger partial charge on any atom is 0.343 e. The maximum absolute atomic E-state index is 12.5. The molecule has 0 bridgehead atoms. The van der Waals surface area contributed by atoms with Crippen molar-refractivity contribution < 1.29 is 4.79 Å². The maximum atomic E-state index is 12.5. The molecule has 1 atom stereocenters. The molecule has 0 saturated heterocycles. The number of hydrogen-bond donors (Lipinski definition) is 2. The third-order valence-electron chi connectivity index (χ3n) is 4.39. The van der Waals surface area contributed by atoms with Crippen LogP contribution in [0.1, 0.15) is 58.8 Å². The van der Waals surface area contributed by atoms with E-state index >= 15 is 0 Å². The van der Waals surface area contributed by atoms with E-state index in [9.17, 15) is 14.9 Å². The van der Waals surface area contributed by atoms with Gasteiger partial charge in [0.05, 0.1) is 11.3 Å². The first-order valence-corrected chi connectivity index (χ1v) is 9.44. The first-order valence-electron chi connectivity index (χ1n) is 8.56. The number of carbonyl (C=O) groups is 1. The number of carbonyl (C=O) groups excluding carboxylic acids is 1. The highest BCUT2D eigenvalue weighted by atomic mass is 32.2. The number of aromatic amines is 1. The Morgan fingerprint density at radius 1 is 1.50 bits per heavy atom. The van der Waals surface area contributed by atoms with Crippen LogP contribution in [-0.2, 0) is 11.3 Å². The monoisotopic (exact) mass is 351 g/mol. The van der Waals surface area contributed by atoms with Gasteiger partial charge in [0.15, 0.2) is 5.16 Å². The molecule has 2 N–H and O–H groups in total. The van der Waals surface area contributed by atoms with Gasteiger partial charge < -0.3 is 5.32 Å². The van der Waals surface area contributed by atoms with Crippen molar-refractivity contribution in [3.05, 3.63) is 10.5 Å². The fourth-order valence-corrected chi connectivity index (χ4v) is 3.76. The lowest BCUT2D eigenvalue weighted by Gasteiger charge is -2.32. The van der Waals surface area contributed by atoms with Crippen LogP contribution in [0.2, 0.25) is 0 Å². The first-order chi connectivity index (χ1) is 11.5. The molecule has 8 heteroatoms. The van der Waals surface area contributed by atoms with E-state index in [1.54, 1.807) is 11.5 Å². The van der Waals surface area contributed by atoms with Crippen molar-refractivity contribution in [2.45, 2.75) is 81.3 Å². The molecule has 0 aliphatic heterocycles. The van der Waals surface area contributed by atoms with Gasteiger partial charge in [0.25, 0.3) is 0 Å². The van der Waals surface area contributed by atoms with Crippen LogP contribution >= 0.6 is 11.8 Å². The highest BCUT2D eigenvalue weighted by Gasteiger charge is 2.35. The van der Waals surface area contributed by atoms with Gasteiger partial charge in [0.2, 0.25) is 5.91 Å². The largest absolute Gasteiger partial charge is 0.343 e. The van der Waals surface area contributed by atoms with Gasteiger partial charge in [-0.1, -0.05) is 44.4 Å². The van der Waals surface area contributed by atoms with Gasteiger partial charge in [-0.3, -0.25) is 9.36 Å². The predicted octanol–water partition coefficient (Wildman–Crippen LogP) is 2.19. The average molecular weight is 351 g/mol. The van der Waals surface area contributed by atoms with Crippen LogP contribution in [0.4, 0.5) is 0 Å². The Bertz CT molecular complexity index is 654. The van der Waals surface area contributed by atoms with Gasteiger partial charge in [0, 0.05) is 6.54 Å². The number of nitrogens with one attached hydrogen (secondary N) is 2. The number of H-pyrrole nitrogens is 1. The normalized spacial score (nSPS) is 17.9. The highest BCUT2D eigenvalue weighted by Crippen LogP contribution is 2.29. The molecule has 1 amide bonds. The number of unbranched alkanes of at least 4 members (excludes halogenated alkanes) is 1. The fourth-order valence-electron chi connectivity index (χ4n) is 2.88. The summed E-state index contributed by atoms with van der Waals surface area (Å²) < 4.78 is 1.57. The van der Waals surface area contributed by atoms with E-state index in [1.807, 2.05) is 0 Å². The predicted molar refractivity (Wildman–Crippen MR) is 92.6 cm³/mol. The number of thioether (sulfide) groups is 1. The van der Waals surface area contributed by atoms with Crippen molar-refractivity contribution in [2.75, 3.05) is 0 Å². The summed E-state index contributed by atoms with van der Waals surface area (Å²) in [6, 6.07) is 2.29. The van der Waals surface area contributed by atoms with Crippen molar-refractivity contribution in [1.82, 2.24) is 20.1 Å². The van der Waals surface area contributed by atoms with Crippen LogP contribution in [0, 0.1) is 11.3 Å². The molecule has 1 unspecified atom stereocenters. The lowest BCUT2D eigenvalue weighted by Crippen LogP contribution is -2.51. The van der Waals surface area contributed by atoms with Crippen LogP contribution in [0.5, 0.6) is 0 Å². The molecule has 0 spiro atoms. The minimum atomic E-state index is -0.738. The minimum Gasteiger partial charge on any atom is -0.337 e. The van der Waals surface area contributed by atoms with Gasteiger partial charge >= 0.3 is 5.69 Å². The molecule has 1 heterocycles. The quantitative estimate of drug-likeness (QED) is 0.733. The minimum absolute atomic E-state index is 0.180. The van der Waals surface area contributed by atoms with Gasteiger partial charge in [0.1, 0.15) is 5.54 Å². The zero-order valence-electron chi connectivity index (χ0n) is 14.3. The van der Waals surface area contributed by atoms with E-state index in [-0.39, 0.29) is 11.6 Å². The number of aromatic nitrogens is 3. The molecular weight excluding hydrogens is 326 g/mol. The van der Waals surface area contributed by atoms with E-state index in [1.165, 1.54) is 11.8 Å². The standard InChI is InChI=1S/C16H25N5O2S/c1-3-4-10-21-14(23)19-20-15(21)24-12(2)13(22)18-16(11-17)8-6-5-7-9-16/h12H,3-10H2,1-2H3,(H,18,22)(H,19,23). The SMILES string of the molecule is CCCCn1c(SC(C)C(=O)NC2(C#N)CCCCC2)n[nH]c1=O. The van der Waals surface area contributed by atoms with Gasteiger partial charge in [-0.05, 0) is 26.2 Å². The lowest BCUT2D eigenvalue weighted by atomic mass is 9.83. The van der Waals surface area contributed by atoms with Crippen molar-refractivity contribution in [1.29, 1.82) is 5.26 Å². The summed E-state index contributed by atoms with van der Waals surface area (Å²) in [7, 11) is 0.